The number of hydrogen-bond donors (Lipinski definition) is 1. The molecule has 0 saturated carbocycles. The van der Waals surface area contributed by atoms with Crippen molar-refractivity contribution in [3.8, 4) is 5.75 Å². The molecule has 0 spiro atoms. The minimum Gasteiger partial charge on any atom is -0.508 e. The van der Waals surface area contributed by atoms with Gasteiger partial charge in [0.25, 0.3) is 0 Å². The Kier molecular flexibility index (Phi) is 3.09. The second-order valence-corrected chi connectivity index (χ2v) is 3.85. The molecule has 1 aromatic rings. The van der Waals surface area contributed by atoms with Crippen LogP contribution in [-0.2, 0) is 0 Å². The molecule has 0 aromatic heterocycles. The standard InChI is InChI=1S/C8H9ClOS/c1-2-11-8-4-6(9)3-7(10)5-8/h3-5,10H,2H2,1H3. The third-order valence-electron chi connectivity index (χ3n) is 1.17. The van der Waals surface area contributed by atoms with Crippen molar-refractivity contribution in [2.75, 3.05) is 5.75 Å². The predicted octanol–water partition coefficient (Wildman–Crippen LogP) is 3.16. The zero-order valence-electron chi connectivity index (χ0n) is 6.17. The van der Waals surface area contributed by atoms with Gasteiger partial charge in [0.1, 0.15) is 5.75 Å². The molecule has 0 fully saturated rings. The smallest absolute Gasteiger partial charge is 0.118 e. The van der Waals surface area contributed by atoms with Gasteiger partial charge in [0.2, 0.25) is 0 Å². The average molecular weight is 189 g/mol. The number of thioether (sulfide) groups is 1. The molecule has 0 aliphatic rings. The first kappa shape index (κ1) is 8.75. The summed E-state index contributed by atoms with van der Waals surface area (Å²) < 4.78 is 0. The molecule has 11 heavy (non-hydrogen) atoms. The van der Waals surface area contributed by atoms with Crippen molar-refractivity contribution in [1.82, 2.24) is 0 Å². The largest absolute Gasteiger partial charge is 0.508 e. The van der Waals surface area contributed by atoms with Crippen LogP contribution < -0.4 is 0 Å². The summed E-state index contributed by atoms with van der Waals surface area (Å²) in [6.07, 6.45) is 0. The lowest BCUT2D eigenvalue weighted by atomic mass is 10.3. The summed E-state index contributed by atoms with van der Waals surface area (Å²) in [4.78, 5) is 1.01. The van der Waals surface area contributed by atoms with E-state index < -0.39 is 0 Å². The van der Waals surface area contributed by atoms with Crippen molar-refractivity contribution in [3.63, 3.8) is 0 Å². The van der Waals surface area contributed by atoms with Crippen LogP contribution in [0, 0.1) is 0 Å². The maximum absolute atomic E-state index is 9.12. The Morgan fingerprint density at radius 1 is 1.45 bits per heavy atom. The van der Waals surface area contributed by atoms with E-state index in [1.54, 1.807) is 17.8 Å². The number of hydrogen-bond acceptors (Lipinski definition) is 2. The highest BCUT2D eigenvalue weighted by molar-refractivity contribution is 7.99. The van der Waals surface area contributed by atoms with E-state index in [1.165, 1.54) is 6.07 Å². The monoisotopic (exact) mass is 188 g/mol. The molecule has 0 bridgehead atoms. The molecular weight excluding hydrogens is 180 g/mol. The predicted molar refractivity (Wildman–Crippen MR) is 49.5 cm³/mol. The van der Waals surface area contributed by atoms with E-state index in [1.807, 2.05) is 6.07 Å². The summed E-state index contributed by atoms with van der Waals surface area (Å²) in [7, 11) is 0. The maximum atomic E-state index is 9.12. The fourth-order valence-corrected chi connectivity index (χ4v) is 1.84. The van der Waals surface area contributed by atoms with Crippen LogP contribution in [0.2, 0.25) is 5.02 Å². The third-order valence-corrected chi connectivity index (χ3v) is 2.24. The minimum atomic E-state index is 0.230. The van der Waals surface area contributed by atoms with Gasteiger partial charge in [-0.25, -0.2) is 0 Å². The highest BCUT2D eigenvalue weighted by Gasteiger charge is 1.96. The van der Waals surface area contributed by atoms with Crippen LogP contribution in [0.4, 0.5) is 0 Å². The molecule has 0 unspecified atom stereocenters. The summed E-state index contributed by atoms with van der Waals surface area (Å²) in [5, 5.41) is 9.71. The number of rotatable bonds is 2. The van der Waals surface area contributed by atoms with Gasteiger partial charge in [0.15, 0.2) is 0 Å². The van der Waals surface area contributed by atoms with Crippen LogP contribution in [0.15, 0.2) is 23.1 Å². The first-order chi connectivity index (χ1) is 5.22. The molecule has 0 saturated heterocycles. The number of benzene rings is 1. The SMILES string of the molecule is CCSc1cc(O)cc(Cl)c1. The molecule has 0 atom stereocenters. The molecule has 1 rings (SSSR count). The molecule has 1 N–H and O–H groups in total. The molecule has 1 aromatic carbocycles. The lowest BCUT2D eigenvalue weighted by Gasteiger charge is -1.99. The van der Waals surface area contributed by atoms with E-state index in [-0.39, 0.29) is 5.75 Å². The van der Waals surface area contributed by atoms with Gasteiger partial charge in [0, 0.05) is 9.92 Å². The van der Waals surface area contributed by atoms with Crippen molar-refractivity contribution < 1.29 is 5.11 Å². The molecule has 0 aliphatic heterocycles. The highest BCUT2D eigenvalue weighted by atomic mass is 35.5. The van der Waals surface area contributed by atoms with Crippen molar-refractivity contribution in [2.45, 2.75) is 11.8 Å². The van der Waals surface area contributed by atoms with Gasteiger partial charge < -0.3 is 5.11 Å². The second kappa shape index (κ2) is 3.88. The van der Waals surface area contributed by atoms with Crippen LogP contribution in [-0.4, -0.2) is 10.9 Å². The summed E-state index contributed by atoms with van der Waals surface area (Å²) in [5.41, 5.74) is 0. The Bertz CT molecular complexity index is 230. The van der Waals surface area contributed by atoms with Crippen LogP contribution in [0.25, 0.3) is 0 Å². The van der Waals surface area contributed by atoms with Gasteiger partial charge in [-0.15, -0.1) is 11.8 Å². The first-order valence-electron chi connectivity index (χ1n) is 3.34. The summed E-state index contributed by atoms with van der Waals surface area (Å²) in [6.45, 7) is 2.06. The zero-order chi connectivity index (χ0) is 8.27. The van der Waals surface area contributed by atoms with Crippen molar-refractivity contribution in [1.29, 1.82) is 0 Å². The second-order valence-electron chi connectivity index (χ2n) is 2.08. The van der Waals surface area contributed by atoms with Crippen LogP contribution in [0.1, 0.15) is 6.92 Å². The van der Waals surface area contributed by atoms with Crippen molar-refractivity contribution in [2.24, 2.45) is 0 Å². The summed E-state index contributed by atoms with van der Waals surface area (Å²) >= 11 is 7.37. The lowest BCUT2D eigenvalue weighted by Crippen LogP contribution is -1.73. The van der Waals surface area contributed by atoms with Gasteiger partial charge in [0.05, 0.1) is 0 Å². The third kappa shape index (κ3) is 2.64. The fourth-order valence-electron chi connectivity index (χ4n) is 0.798. The Balaban J connectivity index is 2.89. The van der Waals surface area contributed by atoms with Gasteiger partial charge in [-0.05, 0) is 24.0 Å². The van der Waals surface area contributed by atoms with Gasteiger partial charge in [-0.3, -0.25) is 0 Å². The molecule has 60 valence electrons. The average Bonchev–Trinajstić information content (AvgIpc) is 1.85. The Morgan fingerprint density at radius 2 is 2.18 bits per heavy atom. The Hall–Kier alpha value is -0.340. The molecule has 3 heteroatoms. The highest BCUT2D eigenvalue weighted by Crippen LogP contribution is 2.26. The lowest BCUT2D eigenvalue weighted by molar-refractivity contribution is 0.474. The summed E-state index contributed by atoms with van der Waals surface area (Å²) in [5.74, 6) is 1.22. The first-order valence-corrected chi connectivity index (χ1v) is 4.71. The van der Waals surface area contributed by atoms with E-state index in [2.05, 4.69) is 6.92 Å². The molecule has 0 aliphatic carbocycles. The molecule has 0 amide bonds. The van der Waals surface area contributed by atoms with Crippen molar-refractivity contribution in [3.05, 3.63) is 23.2 Å². The number of phenols is 1. The van der Waals surface area contributed by atoms with Crippen LogP contribution in [0.3, 0.4) is 0 Å². The number of aromatic hydroxyl groups is 1. The molecular formula is C8H9ClOS. The topological polar surface area (TPSA) is 20.2 Å². The number of halogens is 1. The fraction of sp³-hybridized carbons (Fsp3) is 0.250. The zero-order valence-corrected chi connectivity index (χ0v) is 7.75. The van der Waals surface area contributed by atoms with E-state index in [0.29, 0.717) is 5.02 Å². The summed E-state index contributed by atoms with van der Waals surface area (Å²) in [6, 6.07) is 5.08. The van der Waals surface area contributed by atoms with E-state index in [0.717, 1.165) is 10.6 Å². The molecule has 0 heterocycles. The van der Waals surface area contributed by atoms with Crippen molar-refractivity contribution >= 4 is 23.4 Å². The molecule has 0 radical (unpaired) electrons. The maximum Gasteiger partial charge on any atom is 0.118 e. The minimum absolute atomic E-state index is 0.230. The van der Waals surface area contributed by atoms with Gasteiger partial charge in [-0.2, -0.15) is 0 Å². The van der Waals surface area contributed by atoms with Crippen LogP contribution in [0.5, 0.6) is 5.75 Å². The van der Waals surface area contributed by atoms with Gasteiger partial charge >= 0.3 is 0 Å². The Morgan fingerprint density at radius 3 is 2.73 bits per heavy atom. The van der Waals surface area contributed by atoms with Crippen LogP contribution >= 0.6 is 23.4 Å². The van der Waals surface area contributed by atoms with Gasteiger partial charge in [-0.1, -0.05) is 18.5 Å². The molecule has 1 nitrogen and oxygen atoms in total. The van der Waals surface area contributed by atoms with E-state index >= 15 is 0 Å². The normalized spacial score (nSPS) is 10.0. The van der Waals surface area contributed by atoms with E-state index in [4.69, 9.17) is 16.7 Å². The Labute approximate surface area is 75.4 Å². The van der Waals surface area contributed by atoms with E-state index in [9.17, 15) is 0 Å². The number of phenolic OH excluding ortho intramolecular Hbond substituents is 1. The quantitative estimate of drug-likeness (QED) is 0.720.